The SMILES string of the molecule is N[C@H](C(=O)O)c1cc(C(F)(F)F)c(Oc2ccc3[nH]cc(S(=O)(=O)c4ccc(F)cc4)c3c2)c(C(F)(F)F)c1. The second-order valence-electron chi connectivity index (χ2n) is 8.18. The number of carboxylic acids is 1. The molecule has 0 aliphatic heterocycles. The van der Waals surface area contributed by atoms with Crippen molar-refractivity contribution >= 4 is 26.7 Å². The number of nitrogens with two attached hydrogens (primary N) is 1. The van der Waals surface area contributed by atoms with E-state index < -0.39 is 73.1 Å². The third-order valence-electron chi connectivity index (χ3n) is 5.60. The van der Waals surface area contributed by atoms with Crippen molar-refractivity contribution in [2.24, 2.45) is 5.73 Å². The van der Waals surface area contributed by atoms with Gasteiger partial charge in [-0.05, 0) is 60.2 Å². The van der Waals surface area contributed by atoms with Crippen LogP contribution in [0.2, 0.25) is 0 Å². The lowest BCUT2D eigenvalue weighted by atomic mass is 9.98. The summed E-state index contributed by atoms with van der Waals surface area (Å²) in [5, 5.41) is 8.87. The van der Waals surface area contributed by atoms with Crippen LogP contribution in [0.15, 0.2) is 70.6 Å². The van der Waals surface area contributed by atoms with Gasteiger partial charge < -0.3 is 20.6 Å². The molecule has 3 aromatic carbocycles. The molecule has 0 saturated carbocycles. The lowest BCUT2D eigenvalue weighted by Gasteiger charge is -2.21. The largest absolute Gasteiger partial charge is 0.480 e. The lowest BCUT2D eigenvalue weighted by Crippen LogP contribution is -2.23. The van der Waals surface area contributed by atoms with Crippen LogP contribution in [0.5, 0.6) is 11.5 Å². The number of aromatic amines is 1. The lowest BCUT2D eigenvalue weighted by molar-refractivity contribution is -0.146. The van der Waals surface area contributed by atoms with Gasteiger partial charge in [-0.15, -0.1) is 0 Å². The molecule has 0 saturated heterocycles. The second kappa shape index (κ2) is 9.57. The summed E-state index contributed by atoms with van der Waals surface area (Å²) in [6.07, 6.45) is -9.81. The highest BCUT2D eigenvalue weighted by Gasteiger charge is 2.43. The molecular weight excluding hydrogens is 561 g/mol. The average molecular weight is 576 g/mol. The Kier molecular flexibility index (Phi) is 6.85. The number of H-pyrrole nitrogens is 1. The van der Waals surface area contributed by atoms with E-state index in [1.165, 1.54) is 6.07 Å². The van der Waals surface area contributed by atoms with E-state index in [2.05, 4.69) is 4.98 Å². The smallest absolute Gasteiger partial charge is 0.420 e. The van der Waals surface area contributed by atoms with Gasteiger partial charge in [-0.1, -0.05) is 0 Å². The molecule has 39 heavy (non-hydrogen) atoms. The van der Waals surface area contributed by atoms with Crippen LogP contribution in [0.4, 0.5) is 30.7 Å². The minimum Gasteiger partial charge on any atom is -0.480 e. The maximum Gasteiger partial charge on any atom is 0.420 e. The van der Waals surface area contributed by atoms with Crippen molar-refractivity contribution < 1.29 is 53.8 Å². The number of nitrogens with one attached hydrogen (secondary N) is 1. The first kappa shape index (κ1) is 27.9. The van der Waals surface area contributed by atoms with Gasteiger partial charge in [0.05, 0.1) is 20.9 Å². The number of sulfone groups is 1. The molecule has 0 amide bonds. The molecule has 0 bridgehead atoms. The Morgan fingerprint density at radius 1 is 0.923 bits per heavy atom. The first-order valence-electron chi connectivity index (χ1n) is 10.6. The number of benzene rings is 3. The van der Waals surface area contributed by atoms with Crippen molar-refractivity contribution in [2.75, 3.05) is 0 Å². The highest BCUT2D eigenvalue weighted by molar-refractivity contribution is 7.91. The topological polar surface area (TPSA) is 122 Å². The van der Waals surface area contributed by atoms with Crippen LogP contribution in [-0.4, -0.2) is 24.5 Å². The standard InChI is InChI=1S/C24H15F7N2O5S/c25-12-1-4-14(5-2-12)39(36,37)19-10-33-18-6-3-13(9-15(18)19)38-21-16(23(26,27)28)7-11(20(32)22(34)35)8-17(21)24(29,30)31/h1-10,20,33H,32H2,(H,34,35)/t20-/m0/s1. The molecular formula is C24H15F7N2O5S. The van der Waals surface area contributed by atoms with Crippen molar-refractivity contribution in [3.63, 3.8) is 0 Å². The van der Waals surface area contributed by atoms with Gasteiger partial charge in [0.15, 0.2) is 5.75 Å². The van der Waals surface area contributed by atoms with Gasteiger partial charge in [-0.25, -0.2) is 12.8 Å². The van der Waals surface area contributed by atoms with Crippen LogP contribution < -0.4 is 10.5 Å². The predicted molar refractivity (Wildman–Crippen MR) is 121 cm³/mol. The van der Waals surface area contributed by atoms with Crippen LogP contribution >= 0.6 is 0 Å². The number of aliphatic carboxylic acids is 1. The zero-order valence-corrected chi connectivity index (χ0v) is 19.9. The monoisotopic (exact) mass is 576 g/mol. The van der Waals surface area contributed by atoms with Crippen LogP contribution in [0.1, 0.15) is 22.7 Å². The highest BCUT2D eigenvalue weighted by atomic mass is 32.2. The molecule has 1 aromatic heterocycles. The molecule has 4 aromatic rings. The quantitative estimate of drug-likeness (QED) is 0.190. The van der Waals surface area contributed by atoms with Gasteiger partial charge in [0.1, 0.15) is 17.6 Å². The molecule has 4 N–H and O–H groups in total. The maximum atomic E-state index is 13.9. The maximum absolute atomic E-state index is 13.9. The molecule has 1 heterocycles. The van der Waals surface area contributed by atoms with Crippen LogP contribution in [0, 0.1) is 5.82 Å². The molecule has 0 fully saturated rings. The summed E-state index contributed by atoms with van der Waals surface area (Å²) < 4.78 is 128. The summed E-state index contributed by atoms with van der Waals surface area (Å²) in [4.78, 5) is 13.1. The number of carbonyl (C=O) groups is 1. The Labute approximate surface area is 214 Å². The molecule has 0 aliphatic rings. The predicted octanol–water partition coefficient (Wildman–Crippen LogP) is 6.05. The highest BCUT2D eigenvalue weighted by Crippen LogP contribution is 2.47. The fourth-order valence-corrected chi connectivity index (χ4v) is 5.14. The molecule has 4 rings (SSSR count). The zero-order chi connectivity index (χ0) is 28.9. The van der Waals surface area contributed by atoms with Crippen molar-refractivity contribution in [3.05, 3.63) is 83.3 Å². The van der Waals surface area contributed by atoms with E-state index in [1.54, 1.807) is 0 Å². The number of hydrogen-bond donors (Lipinski definition) is 3. The molecule has 206 valence electrons. The molecule has 1 atom stereocenters. The number of halogens is 7. The van der Waals surface area contributed by atoms with Crippen LogP contribution in [-0.2, 0) is 27.0 Å². The zero-order valence-electron chi connectivity index (χ0n) is 19.1. The second-order valence-corrected chi connectivity index (χ2v) is 10.1. The van der Waals surface area contributed by atoms with Gasteiger partial charge in [0.25, 0.3) is 0 Å². The van der Waals surface area contributed by atoms with E-state index in [4.69, 9.17) is 15.6 Å². The number of fused-ring (bicyclic) bond motifs is 1. The van der Waals surface area contributed by atoms with Crippen molar-refractivity contribution in [2.45, 2.75) is 28.2 Å². The molecule has 0 spiro atoms. The first-order valence-corrected chi connectivity index (χ1v) is 12.1. The van der Waals surface area contributed by atoms with Crippen molar-refractivity contribution in [1.29, 1.82) is 0 Å². The van der Waals surface area contributed by atoms with Gasteiger partial charge in [0.2, 0.25) is 9.84 Å². The van der Waals surface area contributed by atoms with E-state index in [0.29, 0.717) is 0 Å². The molecule has 7 nitrogen and oxygen atoms in total. The summed E-state index contributed by atoms with van der Waals surface area (Å²) in [7, 11) is -4.30. The molecule has 15 heteroatoms. The van der Waals surface area contributed by atoms with Gasteiger partial charge in [-0.3, -0.25) is 4.79 Å². The summed E-state index contributed by atoms with van der Waals surface area (Å²) in [5.41, 5.74) is 0.560. The summed E-state index contributed by atoms with van der Waals surface area (Å²) >= 11 is 0. The van der Waals surface area contributed by atoms with Crippen LogP contribution in [0.3, 0.4) is 0 Å². The Balaban J connectivity index is 1.89. The Morgan fingerprint density at radius 3 is 2.00 bits per heavy atom. The minimum absolute atomic E-state index is 0.136. The number of aromatic nitrogens is 1. The Hall–Kier alpha value is -4.11. The Bertz CT molecular complexity index is 1640. The van der Waals surface area contributed by atoms with E-state index in [0.717, 1.165) is 42.6 Å². The third-order valence-corrected chi connectivity index (χ3v) is 7.41. The Morgan fingerprint density at radius 2 is 1.49 bits per heavy atom. The minimum atomic E-state index is -5.43. The number of ether oxygens (including phenoxy) is 1. The molecule has 0 aliphatic carbocycles. The molecule has 0 radical (unpaired) electrons. The summed E-state index contributed by atoms with van der Waals surface area (Å²) in [5.74, 6) is -4.85. The number of hydrogen-bond acceptors (Lipinski definition) is 5. The van der Waals surface area contributed by atoms with Gasteiger partial charge >= 0.3 is 18.3 Å². The fraction of sp³-hybridized carbons (Fsp3) is 0.125. The van der Waals surface area contributed by atoms with E-state index in [1.807, 2.05) is 0 Å². The number of carboxylic acid groups (broad SMARTS) is 1. The van der Waals surface area contributed by atoms with E-state index in [9.17, 15) is 43.9 Å². The third kappa shape index (κ3) is 5.40. The summed E-state index contributed by atoms with van der Waals surface area (Å²) in [6.45, 7) is 0. The average Bonchev–Trinajstić information content (AvgIpc) is 3.26. The number of rotatable bonds is 6. The van der Waals surface area contributed by atoms with E-state index in [-0.39, 0.29) is 27.9 Å². The fourth-order valence-electron chi connectivity index (χ4n) is 3.72. The van der Waals surface area contributed by atoms with Gasteiger partial charge in [0, 0.05) is 17.1 Å². The van der Waals surface area contributed by atoms with Gasteiger partial charge in [-0.2, -0.15) is 26.3 Å². The van der Waals surface area contributed by atoms with Crippen molar-refractivity contribution in [3.8, 4) is 11.5 Å². The molecule has 0 unspecified atom stereocenters. The summed E-state index contributed by atoms with van der Waals surface area (Å²) in [6, 6.07) is 4.94. The van der Waals surface area contributed by atoms with Crippen molar-refractivity contribution in [1.82, 2.24) is 4.98 Å². The van der Waals surface area contributed by atoms with E-state index >= 15 is 0 Å². The first-order chi connectivity index (χ1) is 18.0. The number of alkyl halides is 6. The van der Waals surface area contributed by atoms with Crippen LogP contribution in [0.25, 0.3) is 10.9 Å². The normalized spacial score (nSPS) is 13.4.